The maximum absolute atomic E-state index is 12.2. The number of benzene rings is 2. The van der Waals surface area contributed by atoms with E-state index in [2.05, 4.69) is 31.3 Å². The SMILES string of the molecule is CC[C@@H](C)c1ccc(NC(=O)CN(C)Cc2ccc(OC)cc2)cc1. The van der Waals surface area contributed by atoms with E-state index in [1.54, 1.807) is 7.11 Å². The molecule has 0 fully saturated rings. The molecule has 4 heteroatoms. The van der Waals surface area contributed by atoms with Crippen LogP contribution in [0.2, 0.25) is 0 Å². The minimum absolute atomic E-state index is 0.00713. The van der Waals surface area contributed by atoms with Crippen molar-refractivity contribution in [3.8, 4) is 5.75 Å². The number of nitrogens with zero attached hydrogens (tertiary/aromatic N) is 1. The molecule has 0 aliphatic heterocycles. The molecule has 0 spiro atoms. The number of amides is 1. The first-order chi connectivity index (χ1) is 12.0. The van der Waals surface area contributed by atoms with Crippen molar-refractivity contribution in [3.05, 3.63) is 59.7 Å². The van der Waals surface area contributed by atoms with E-state index in [4.69, 9.17) is 4.74 Å². The average Bonchev–Trinajstić information content (AvgIpc) is 2.62. The van der Waals surface area contributed by atoms with Gasteiger partial charge in [-0.05, 0) is 54.8 Å². The summed E-state index contributed by atoms with van der Waals surface area (Å²) in [5.41, 5.74) is 3.29. The fourth-order valence-electron chi connectivity index (χ4n) is 2.67. The lowest BCUT2D eigenvalue weighted by atomic mass is 9.99. The molecule has 0 aliphatic rings. The van der Waals surface area contributed by atoms with Gasteiger partial charge in [0, 0.05) is 12.2 Å². The summed E-state index contributed by atoms with van der Waals surface area (Å²) in [5, 5.41) is 2.96. The summed E-state index contributed by atoms with van der Waals surface area (Å²) < 4.78 is 5.16. The van der Waals surface area contributed by atoms with Gasteiger partial charge in [0.15, 0.2) is 0 Å². The Morgan fingerprint density at radius 2 is 1.76 bits per heavy atom. The first-order valence-electron chi connectivity index (χ1n) is 8.73. The summed E-state index contributed by atoms with van der Waals surface area (Å²) in [5.74, 6) is 1.37. The van der Waals surface area contributed by atoms with Gasteiger partial charge < -0.3 is 10.1 Å². The monoisotopic (exact) mass is 340 g/mol. The van der Waals surface area contributed by atoms with Crippen molar-refractivity contribution in [2.45, 2.75) is 32.7 Å². The molecule has 2 aromatic rings. The van der Waals surface area contributed by atoms with Crippen LogP contribution in [0.25, 0.3) is 0 Å². The van der Waals surface area contributed by atoms with E-state index < -0.39 is 0 Å². The van der Waals surface area contributed by atoms with Gasteiger partial charge in [0.25, 0.3) is 0 Å². The highest BCUT2D eigenvalue weighted by molar-refractivity contribution is 5.92. The molecule has 1 atom stereocenters. The number of hydrogen-bond acceptors (Lipinski definition) is 3. The van der Waals surface area contributed by atoms with E-state index in [9.17, 15) is 4.79 Å². The number of carbonyl (C=O) groups excluding carboxylic acids is 1. The molecule has 0 radical (unpaired) electrons. The average molecular weight is 340 g/mol. The van der Waals surface area contributed by atoms with Gasteiger partial charge in [-0.25, -0.2) is 0 Å². The first kappa shape index (κ1) is 19.0. The molecule has 1 N–H and O–H groups in total. The first-order valence-corrected chi connectivity index (χ1v) is 8.73. The van der Waals surface area contributed by atoms with Crippen LogP contribution in [-0.2, 0) is 11.3 Å². The van der Waals surface area contributed by atoms with Crippen LogP contribution in [0.4, 0.5) is 5.69 Å². The quantitative estimate of drug-likeness (QED) is 0.780. The molecule has 0 aromatic heterocycles. The Hall–Kier alpha value is -2.33. The Balaban J connectivity index is 1.84. The van der Waals surface area contributed by atoms with Crippen molar-refractivity contribution < 1.29 is 9.53 Å². The zero-order valence-corrected chi connectivity index (χ0v) is 15.6. The smallest absolute Gasteiger partial charge is 0.238 e. The van der Waals surface area contributed by atoms with E-state index in [0.29, 0.717) is 19.0 Å². The summed E-state index contributed by atoms with van der Waals surface area (Å²) in [6, 6.07) is 16.0. The van der Waals surface area contributed by atoms with Gasteiger partial charge >= 0.3 is 0 Å². The van der Waals surface area contributed by atoms with Crippen LogP contribution >= 0.6 is 0 Å². The standard InChI is InChI=1S/C21H28N2O2/c1-5-16(2)18-8-10-19(11-9-18)22-21(24)15-23(3)14-17-6-12-20(25-4)13-7-17/h6-13,16H,5,14-15H2,1-4H3,(H,22,24)/t16-/m1/s1. The van der Waals surface area contributed by atoms with E-state index in [-0.39, 0.29) is 5.91 Å². The maximum Gasteiger partial charge on any atom is 0.238 e. The Morgan fingerprint density at radius 1 is 1.12 bits per heavy atom. The molecule has 0 saturated carbocycles. The Morgan fingerprint density at radius 3 is 2.32 bits per heavy atom. The molecule has 1 amide bonds. The van der Waals surface area contributed by atoms with Gasteiger partial charge in [0.1, 0.15) is 5.75 Å². The lowest BCUT2D eigenvalue weighted by Gasteiger charge is -2.17. The molecule has 0 heterocycles. The number of ether oxygens (including phenoxy) is 1. The lowest BCUT2D eigenvalue weighted by molar-refractivity contribution is -0.117. The molecule has 2 rings (SSSR count). The van der Waals surface area contributed by atoms with Gasteiger partial charge in [-0.15, -0.1) is 0 Å². The normalized spacial score (nSPS) is 12.0. The molecule has 2 aromatic carbocycles. The highest BCUT2D eigenvalue weighted by Crippen LogP contribution is 2.20. The summed E-state index contributed by atoms with van der Waals surface area (Å²) in [6.45, 7) is 5.45. The van der Waals surface area contributed by atoms with Crippen molar-refractivity contribution in [2.24, 2.45) is 0 Å². The fourth-order valence-corrected chi connectivity index (χ4v) is 2.67. The molecule has 0 saturated heterocycles. The third kappa shape index (κ3) is 5.91. The van der Waals surface area contributed by atoms with Gasteiger partial charge in [-0.1, -0.05) is 38.1 Å². The molecular weight excluding hydrogens is 312 g/mol. The minimum atomic E-state index is -0.00713. The third-order valence-electron chi connectivity index (χ3n) is 4.40. The highest BCUT2D eigenvalue weighted by atomic mass is 16.5. The second-order valence-corrected chi connectivity index (χ2v) is 6.50. The van der Waals surface area contributed by atoms with Crippen LogP contribution in [0.3, 0.4) is 0 Å². The second kappa shape index (κ2) is 9.23. The number of rotatable bonds is 8. The number of carbonyl (C=O) groups is 1. The van der Waals surface area contributed by atoms with Gasteiger partial charge in [-0.3, -0.25) is 9.69 Å². The van der Waals surface area contributed by atoms with Crippen LogP contribution in [0.15, 0.2) is 48.5 Å². The molecule has 0 aliphatic carbocycles. The van der Waals surface area contributed by atoms with E-state index in [1.165, 1.54) is 5.56 Å². The van der Waals surface area contributed by atoms with E-state index in [0.717, 1.165) is 23.4 Å². The lowest BCUT2D eigenvalue weighted by Crippen LogP contribution is -2.29. The fraction of sp³-hybridized carbons (Fsp3) is 0.381. The topological polar surface area (TPSA) is 41.6 Å². The number of likely N-dealkylation sites (N-methyl/N-ethyl adjacent to an activating group) is 1. The predicted molar refractivity (Wildman–Crippen MR) is 103 cm³/mol. The van der Waals surface area contributed by atoms with Crippen molar-refractivity contribution in [3.63, 3.8) is 0 Å². The van der Waals surface area contributed by atoms with Gasteiger partial charge in [0.05, 0.1) is 13.7 Å². The zero-order chi connectivity index (χ0) is 18.2. The number of hydrogen-bond donors (Lipinski definition) is 1. The summed E-state index contributed by atoms with van der Waals surface area (Å²) in [6.07, 6.45) is 1.11. The third-order valence-corrected chi connectivity index (χ3v) is 4.40. The number of anilines is 1. The highest BCUT2D eigenvalue weighted by Gasteiger charge is 2.09. The molecule has 134 valence electrons. The van der Waals surface area contributed by atoms with Crippen molar-refractivity contribution >= 4 is 11.6 Å². The van der Waals surface area contributed by atoms with Crippen LogP contribution < -0.4 is 10.1 Å². The van der Waals surface area contributed by atoms with Crippen LogP contribution in [-0.4, -0.2) is 31.5 Å². The van der Waals surface area contributed by atoms with Crippen molar-refractivity contribution in [1.82, 2.24) is 4.90 Å². The molecule has 25 heavy (non-hydrogen) atoms. The van der Waals surface area contributed by atoms with Gasteiger partial charge in [-0.2, -0.15) is 0 Å². The summed E-state index contributed by atoms with van der Waals surface area (Å²) in [7, 11) is 3.59. The van der Waals surface area contributed by atoms with Gasteiger partial charge in [0.2, 0.25) is 5.91 Å². The predicted octanol–water partition coefficient (Wildman–Crippen LogP) is 4.28. The zero-order valence-electron chi connectivity index (χ0n) is 15.6. The number of nitrogens with one attached hydrogen (secondary N) is 1. The van der Waals surface area contributed by atoms with Crippen molar-refractivity contribution in [2.75, 3.05) is 26.0 Å². The second-order valence-electron chi connectivity index (χ2n) is 6.50. The molecular formula is C21H28N2O2. The maximum atomic E-state index is 12.2. The van der Waals surface area contributed by atoms with Crippen LogP contribution in [0.1, 0.15) is 37.3 Å². The summed E-state index contributed by atoms with van der Waals surface area (Å²) >= 11 is 0. The Kier molecular flexibility index (Phi) is 7.02. The Labute approximate surface area is 150 Å². The largest absolute Gasteiger partial charge is 0.497 e. The Bertz CT molecular complexity index is 665. The van der Waals surface area contributed by atoms with E-state index >= 15 is 0 Å². The summed E-state index contributed by atoms with van der Waals surface area (Å²) in [4.78, 5) is 14.2. The molecule has 0 bridgehead atoms. The van der Waals surface area contributed by atoms with Crippen LogP contribution in [0, 0.1) is 0 Å². The molecule has 0 unspecified atom stereocenters. The van der Waals surface area contributed by atoms with Crippen LogP contribution in [0.5, 0.6) is 5.75 Å². The minimum Gasteiger partial charge on any atom is -0.497 e. The molecule has 4 nitrogen and oxygen atoms in total. The van der Waals surface area contributed by atoms with E-state index in [1.807, 2.05) is 48.3 Å². The van der Waals surface area contributed by atoms with Crippen molar-refractivity contribution in [1.29, 1.82) is 0 Å². The number of methoxy groups -OCH3 is 1.